The van der Waals surface area contributed by atoms with Crippen LogP contribution in [-0.2, 0) is 6.54 Å². The number of hydrogen-bond donors (Lipinski definition) is 3. The van der Waals surface area contributed by atoms with Gasteiger partial charge in [0.1, 0.15) is 18.0 Å². The van der Waals surface area contributed by atoms with E-state index in [1.54, 1.807) is 6.33 Å². The molecule has 100 valence electrons. The molecule has 2 aromatic rings. The standard InChI is InChI=1S/C14H19N5/c1-10(2)18-13-7-14(17-9-16-13)19-12-5-3-4-11(6-12)8-15/h3-7,9-10H,8,15H2,1-2H3,(H2,16,17,18,19). The fourth-order valence-corrected chi connectivity index (χ4v) is 1.72. The van der Waals surface area contributed by atoms with Gasteiger partial charge in [0.2, 0.25) is 0 Å². The summed E-state index contributed by atoms with van der Waals surface area (Å²) in [5, 5.41) is 6.49. The monoisotopic (exact) mass is 257 g/mol. The van der Waals surface area contributed by atoms with Gasteiger partial charge in [-0.05, 0) is 31.5 Å². The van der Waals surface area contributed by atoms with Crippen LogP contribution in [0.5, 0.6) is 0 Å². The van der Waals surface area contributed by atoms with Crippen LogP contribution in [0.1, 0.15) is 19.4 Å². The van der Waals surface area contributed by atoms with E-state index in [9.17, 15) is 0 Å². The third-order valence-electron chi connectivity index (χ3n) is 2.54. The highest BCUT2D eigenvalue weighted by Gasteiger charge is 2.01. The van der Waals surface area contributed by atoms with Gasteiger partial charge in [0, 0.05) is 24.3 Å². The molecule has 0 unspecified atom stereocenters. The minimum absolute atomic E-state index is 0.336. The van der Waals surface area contributed by atoms with Gasteiger partial charge in [0.05, 0.1) is 0 Å². The fourth-order valence-electron chi connectivity index (χ4n) is 1.72. The molecule has 0 atom stereocenters. The van der Waals surface area contributed by atoms with Crippen molar-refractivity contribution in [2.75, 3.05) is 10.6 Å². The van der Waals surface area contributed by atoms with E-state index < -0.39 is 0 Å². The average molecular weight is 257 g/mol. The second kappa shape index (κ2) is 6.15. The summed E-state index contributed by atoms with van der Waals surface area (Å²) in [6.45, 7) is 4.67. The molecule has 0 bridgehead atoms. The number of aromatic nitrogens is 2. The Labute approximate surface area is 113 Å². The minimum atomic E-state index is 0.336. The third kappa shape index (κ3) is 3.93. The molecule has 5 heteroatoms. The summed E-state index contributed by atoms with van der Waals surface area (Å²) in [6, 6.07) is 10.2. The molecular weight excluding hydrogens is 238 g/mol. The smallest absolute Gasteiger partial charge is 0.135 e. The second-order valence-electron chi connectivity index (χ2n) is 4.62. The van der Waals surface area contributed by atoms with Crippen LogP contribution >= 0.6 is 0 Å². The molecule has 0 spiro atoms. The van der Waals surface area contributed by atoms with Crippen molar-refractivity contribution in [3.63, 3.8) is 0 Å². The Balaban J connectivity index is 2.13. The molecule has 4 N–H and O–H groups in total. The second-order valence-corrected chi connectivity index (χ2v) is 4.62. The zero-order valence-corrected chi connectivity index (χ0v) is 11.2. The maximum absolute atomic E-state index is 5.63. The largest absolute Gasteiger partial charge is 0.368 e. The lowest BCUT2D eigenvalue weighted by molar-refractivity contribution is 0.886. The van der Waals surface area contributed by atoms with Gasteiger partial charge in [-0.2, -0.15) is 0 Å². The van der Waals surface area contributed by atoms with Crippen molar-refractivity contribution in [1.82, 2.24) is 9.97 Å². The van der Waals surface area contributed by atoms with Crippen LogP contribution in [0.3, 0.4) is 0 Å². The lowest BCUT2D eigenvalue weighted by Crippen LogP contribution is -2.11. The number of nitrogens with two attached hydrogens (primary N) is 1. The fraction of sp³-hybridized carbons (Fsp3) is 0.286. The maximum atomic E-state index is 5.63. The molecule has 0 saturated heterocycles. The van der Waals surface area contributed by atoms with E-state index in [2.05, 4.69) is 34.4 Å². The van der Waals surface area contributed by atoms with Crippen LogP contribution in [-0.4, -0.2) is 16.0 Å². The van der Waals surface area contributed by atoms with Crippen molar-refractivity contribution in [3.8, 4) is 0 Å². The lowest BCUT2D eigenvalue weighted by atomic mass is 10.2. The molecule has 0 aliphatic carbocycles. The topological polar surface area (TPSA) is 75.9 Å². The molecule has 0 fully saturated rings. The van der Waals surface area contributed by atoms with Gasteiger partial charge in [-0.3, -0.25) is 0 Å². The predicted octanol–water partition coefficient (Wildman–Crippen LogP) is 2.50. The molecule has 1 aromatic carbocycles. The van der Waals surface area contributed by atoms with E-state index in [1.807, 2.05) is 30.3 Å². The first-order valence-corrected chi connectivity index (χ1v) is 6.32. The Bertz CT molecular complexity index is 539. The highest BCUT2D eigenvalue weighted by Crippen LogP contribution is 2.17. The molecule has 2 rings (SSSR count). The normalized spacial score (nSPS) is 10.5. The summed E-state index contributed by atoms with van der Waals surface area (Å²) in [6.07, 6.45) is 1.54. The van der Waals surface area contributed by atoms with Crippen LogP contribution in [0, 0.1) is 0 Å². The molecule has 5 nitrogen and oxygen atoms in total. The van der Waals surface area contributed by atoms with Crippen molar-refractivity contribution in [1.29, 1.82) is 0 Å². The van der Waals surface area contributed by atoms with E-state index in [0.717, 1.165) is 22.9 Å². The summed E-state index contributed by atoms with van der Waals surface area (Å²) >= 11 is 0. The zero-order chi connectivity index (χ0) is 13.7. The first-order valence-electron chi connectivity index (χ1n) is 6.32. The zero-order valence-electron chi connectivity index (χ0n) is 11.2. The molecule has 0 aliphatic heterocycles. The Morgan fingerprint density at radius 2 is 1.95 bits per heavy atom. The van der Waals surface area contributed by atoms with Crippen LogP contribution in [0.4, 0.5) is 17.3 Å². The number of nitrogens with zero attached hydrogens (tertiary/aromatic N) is 2. The Morgan fingerprint density at radius 3 is 2.68 bits per heavy atom. The lowest BCUT2D eigenvalue weighted by Gasteiger charge is -2.11. The molecular formula is C14H19N5. The van der Waals surface area contributed by atoms with Crippen LogP contribution in [0.15, 0.2) is 36.7 Å². The van der Waals surface area contributed by atoms with E-state index >= 15 is 0 Å². The average Bonchev–Trinajstić information content (AvgIpc) is 2.38. The number of hydrogen-bond acceptors (Lipinski definition) is 5. The molecule has 0 saturated carbocycles. The van der Waals surface area contributed by atoms with E-state index in [0.29, 0.717) is 12.6 Å². The first kappa shape index (κ1) is 13.3. The minimum Gasteiger partial charge on any atom is -0.368 e. The van der Waals surface area contributed by atoms with Crippen molar-refractivity contribution >= 4 is 17.3 Å². The number of nitrogens with one attached hydrogen (secondary N) is 2. The maximum Gasteiger partial charge on any atom is 0.135 e. The van der Waals surface area contributed by atoms with E-state index in [1.165, 1.54) is 0 Å². The van der Waals surface area contributed by atoms with Crippen molar-refractivity contribution in [2.24, 2.45) is 5.73 Å². The molecule has 0 aliphatic rings. The number of anilines is 3. The Hall–Kier alpha value is -2.14. The van der Waals surface area contributed by atoms with Crippen molar-refractivity contribution in [2.45, 2.75) is 26.4 Å². The summed E-state index contributed by atoms with van der Waals surface area (Å²) in [5.74, 6) is 1.56. The van der Waals surface area contributed by atoms with Gasteiger partial charge in [-0.25, -0.2) is 9.97 Å². The molecule has 19 heavy (non-hydrogen) atoms. The predicted molar refractivity (Wildman–Crippen MR) is 78.4 cm³/mol. The van der Waals surface area contributed by atoms with Crippen LogP contribution in [0.2, 0.25) is 0 Å². The van der Waals surface area contributed by atoms with Gasteiger partial charge in [0.15, 0.2) is 0 Å². The molecule has 0 radical (unpaired) electrons. The van der Waals surface area contributed by atoms with Gasteiger partial charge in [-0.15, -0.1) is 0 Å². The van der Waals surface area contributed by atoms with E-state index in [-0.39, 0.29) is 0 Å². The van der Waals surface area contributed by atoms with E-state index in [4.69, 9.17) is 5.73 Å². The highest BCUT2D eigenvalue weighted by atomic mass is 15.1. The van der Waals surface area contributed by atoms with Gasteiger partial charge in [-0.1, -0.05) is 12.1 Å². The van der Waals surface area contributed by atoms with Crippen LogP contribution in [0.25, 0.3) is 0 Å². The van der Waals surface area contributed by atoms with Crippen LogP contribution < -0.4 is 16.4 Å². The van der Waals surface area contributed by atoms with Crippen molar-refractivity contribution in [3.05, 3.63) is 42.2 Å². The van der Waals surface area contributed by atoms with Gasteiger partial charge < -0.3 is 16.4 Å². The highest BCUT2D eigenvalue weighted by molar-refractivity contribution is 5.59. The number of benzene rings is 1. The Kier molecular flexibility index (Phi) is 4.30. The molecule has 1 aromatic heterocycles. The summed E-state index contributed by atoms with van der Waals surface area (Å²) in [7, 11) is 0. The summed E-state index contributed by atoms with van der Waals surface area (Å²) in [5.41, 5.74) is 7.68. The number of rotatable bonds is 5. The van der Waals surface area contributed by atoms with Gasteiger partial charge >= 0.3 is 0 Å². The summed E-state index contributed by atoms with van der Waals surface area (Å²) < 4.78 is 0. The quantitative estimate of drug-likeness (QED) is 0.767. The Morgan fingerprint density at radius 1 is 1.16 bits per heavy atom. The first-order chi connectivity index (χ1) is 9.17. The molecule has 0 amide bonds. The van der Waals surface area contributed by atoms with Gasteiger partial charge in [0.25, 0.3) is 0 Å². The molecule has 1 heterocycles. The SMILES string of the molecule is CC(C)Nc1cc(Nc2cccc(CN)c2)ncn1. The third-order valence-corrected chi connectivity index (χ3v) is 2.54. The van der Waals surface area contributed by atoms with Crippen molar-refractivity contribution < 1.29 is 0 Å². The summed E-state index contributed by atoms with van der Waals surface area (Å²) in [4.78, 5) is 8.38.